The molecule has 0 heterocycles. The molecule has 0 aromatic rings. The molecule has 0 aromatic heterocycles. The van der Waals surface area contributed by atoms with E-state index in [2.05, 4.69) is 19.9 Å². The molecule has 2 saturated carbocycles. The van der Waals surface area contributed by atoms with Crippen molar-refractivity contribution in [1.29, 1.82) is 0 Å². The van der Waals surface area contributed by atoms with Crippen LogP contribution in [0.25, 0.3) is 0 Å². The van der Waals surface area contributed by atoms with Crippen LogP contribution in [-0.2, 0) is 0 Å². The Balaban J connectivity index is 1.64. The highest BCUT2D eigenvalue weighted by atomic mass is 16.3. The largest absolute Gasteiger partial charge is 0.390 e. The van der Waals surface area contributed by atoms with E-state index in [0.29, 0.717) is 5.41 Å². The molecule has 1 N–H and O–H groups in total. The van der Waals surface area contributed by atoms with Crippen LogP contribution in [0, 0.1) is 17.3 Å². The van der Waals surface area contributed by atoms with Gasteiger partial charge in [-0.3, -0.25) is 0 Å². The Morgan fingerprint density at radius 3 is 2.67 bits per heavy atom. The minimum Gasteiger partial charge on any atom is -0.390 e. The SMILES string of the molecule is CC1(C)C2CC=C(CCC3(O)CC3)C1C2. The fraction of sp³-hybridized carbons (Fsp3) is 0.857. The van der Waals surface area contributed by atoms with Gasteiger partial charge in [0.1, 0.15) is 0 Å². The van der Waals surface area contributed by atoms with E-state index in [1.54, 1.807) is 5.57 Å². The zero-order chi connectivity index (χ0) is 10.7. The third-order valence-corrected chi connectivity index (χ3v) is 5.29. The van der Waals surface area contributed by atoms with Gasteiger partial charge in [-0.15, -0.1) is 0 Å². The van der Waals surface area contributed by atoms with Gasteiger partial charge in [0.2, 0.25) is 0 Å². The van der Waals surface area contributed by atoms with Crippen molar-refractivity contribution in [2.24, 2.45) is 17.3 Å². The van der Waals surface area contributed by atoms with Crippen molar-refractivity contribution >= 4 is 0 Å². The lowest BCUT2D eigenvalue weighted by Crippen LogP contribution is -2.48. The molecule has 2 bridgehead atoms. The van der Waals surface area contributed by atoms with Crippen molar-refractivity contribution in [1.82, 2.24) is 0 Å². The molecule has 0 radical (unpaired) electrons. The van der Waals surface area contributed by atoms with Crippen LogP contribution in [0.1, 0.15) is 52.4 Å². The summed E-state index contributed by atoms with van der Waals surface area (Å²) in [5.74, 6) is 1.77. The molecule has 4 aliphatic rings. The Morgan fingerprint density at radius 1 is 1.40 bits per heavy atom. The summed E-state index contributed by atoms with van der Waals surface area (Å²) in [7, 11) is 0. The maximum Gasteiger partial charge on any atom is 0.0653 e. The van der Waals surface area contributed by atoms with E-state index in [9.17, 15) is 5.11 Å². The second-order valence-corrected chi connectivity index (χ2v) is 6.55. The van der Waals surface area contributed by atoms with E-state index in [0.717, 1.165) is 37.5 Å². The third kappa shape index (κ3) is 1.47. The Kier molecular flexibility index (Phi) is 1.90. The lowest BCUT2D eigenvalue weighted by molar-refractivity contribution is -0.00975. The van der Waals surface area contributed by atoms with Gasteiger partial charge in [0, 0.05) is 0 Å². The number of fused-ring (bicyclic) bond motifs is 1. The fourth-order valence-electron chi connectivity index (χ4n) is 3.53. The molecule has 0 aromatic carbocycles. The highest BCUT2D eigenvalue weighted by Crippen LogP contribution is 2.60. The van der Waals surface area contributed by atoms with Crippen molar-refractivity contribution < 1.29 is 5.11 Å². The lowest BCUT2D eigenvalue weighted by atomic mass is 9.48. The van der Waals surface area contributed by atoms with E-state index in [1.807, 2.05) is 0 Å². The zero-order valence-corrected chi connectivity index (χ0v) is 9.92. The Hall–Kier alpha value is -0.300. The quantitative estimate of drug-likeness (QED) is 0.703. The summed E-state index contributed by atoms with van der Waals surface area (Å²) in [5, 5.41) is 9.86. The summed E-state index contributed by atoms with van der Waals surface area (Å²) in [5.41, 5.74) is 1.95. The average molecular weight is 206 g/mol. The Bertz CT molecular complexity index is 309. The average Bonchev–Trinajstić information content (AvgIpc) is 2.94. The molecule has 2 unspecified atom stereocenters. The van der Waals surface area contributed by atoms with Crippen LogP contribution in [-0.4, -0.2) is 10.7 Å². The summed E-state index contributed by atoms with van der Waals surface area (Å²) in [6.07, 6.45) is 9.41. The predicted octanol–water partition coefficient (Wildman–Crippen LogP) is 3.28. The van der Waals surface area contributed by atoms with Gasteiger partial charge in [-0.1, -0.05) is 25.5 Å². The molecule has 4 rings (SSSR count). The summed E-state index contributed by atoms with van der Waals surface area (Å²) < 4.78 is 0. The van der Waals surface area contributed by atoms with Crippen LogP contribution in [0.15, 0.2) is 11.6 Å². The summed E-state index contributed by atoms with van der Waals surface area (Å²) >= 11 is 0. The maximum absolute atomic E-state index is 9.86. The molecule has 0 saturated heterocycles. The van der Waals surface area contributed by atoms with Gasteiger partial charge >= 0.3 is 0 Å². The fourth-order valence-corrected chi connectivity index (χ4v) is 3.53. The van der Waals surface area contributed by atoms with Crippen molar-refractivity contribution in [2.75, 3.05) is 0 Å². The molecule has 4 aliphatic carbocycles. The standard InChI is InChI=1S/C14H22O/c1-13(2)11-4-3-10(12(13)9-11)5-6-14(15)7-8-14/h3,11-12,15H,4-9H2,1-2H3. The first kappa shape index (κ1) is 9.89. The van der Waals surface area contributed by atoms with Crippen LogP contribution in [0.5, 0.6) is 0 Å². The van der Waals surface area contributed by atoms with Crippen LogP contribution in [0.3, 0.4) is 0 Å². The minimum absolute atomic E-state index is 0.258. The molecule has 0 aliphatic heterocycles. The van der Waals surface area contributed by atoms with Gasteiger partial charge in [-0.25, -0.2) is 0 Å². The topological polar surface area (TPSA) is 20.2 Å². The van der Waals surface area contributed by atoms with Crippen LogP contribution in [0.2, 0.25) is 0 Å². The van der Waals surface area contributed by atoms with Gasteiger partial charge in [0.15, 0.2) is 0 Å². The van der Waals surface area contributed by atoms with Crippen molar-refractivity contribution in [3.8, 4) is 0 Å². The number of hydrogen-bond donors (Lipinski definition) is 1. The van der Waals surface area contributed by atoms with Gasteiger partial charge in [0.25, 0.3) is 0 Å². The number of hydrogen-bond acceptors (Lipinski definition) is 1. The molecule has 1 heteroatoms. The highest BCUT2D eigenvalue weighted by molar-refractivity contribution is 5.23. The van der Waals surface area contributed by atoms with E-state index >= 15 is 0 Å². The lowest BCUT2D eigenvalue weighted by Gasteiger charge is -2.56. The Labute approximate surface area is 92.6 Å². The second kappa shape index (κ2) is 2.88. The molecule has 15 heavy (non-hydrogen) atoms. The van der Waals surface area contributed by atoms with Gasteiger partial charge in [-0.05, 0) is 55.8 Å². The molecular formula is C14H22O. The molecule has 2 fully saturated rings. The molecule has 0 amide bonds. The van der Waals surface area contributed by atoms with Crippen LogP contribution < -0.4 is 0 Å². The smallest absolute Gasteiger partial charge is 0.0653 e. The maximum atomic E-state index is 9.86. The second-order valence-electron chi connectivity index (χ2n) is 6.55. The van der Waals surface area contributed by atoms with Gasteiger partial charge in [-0.2, -0.15) is 0 Å². The monoisotopic (exact) mass is 206 g/mol. The van der Waals surface area contributed by atoms with E-state index in [1.165, 1.54) is 12.8 Å². The van der Waals surface area contributed by atoms with Crippen LogP contribution in [0.4, 0.5) is 0 Å². The number of allylic oxidation sites excluding steroid dienone is 2. The van der Waals surface area contributed by atoms with Crippen molar-refractivity contribution in [2.45, 2.75) is 58.0 Å². The minimum atomic E-state index is -0.258. The molecule has 2 atom stereocenters. The first-order valence-electron chi connectivity index (χ1n) is 6.43. The molecule has 1 nitrogen and oxygen atoms in total. The normalized spacial score (nSPS) is 39.3. The van der Waals surface area contributed by atoms with Gasteiger partial charge < -0.3 is 5.11 Å². The Morgan fingerprint density at radius 2 is 2.13 bits per heavy atom. The van der Waals surface area contributed by atoms with Crippen molar-refractivity contribution in [3.63, 3.8) is 0 Å². The molecular weight excluding hydrogens is 184 g/mol. The van der Waals surface area contributed by atoms with Crippen LogP contribution >= 0.6 is 0 Å². The van der Waals surface area contributed by atoms with E-state index in [4.69, 9.17) is 0 Å². The summed E-state index contributed by atoms with van der Waals surface area (Å²) in [6.45, 7) is 4.84. The van der Waals surface area contributed by atoms with Crippen molar-refractivity contribution in [3.05, 3.63) is 11.6 Å². The summed E-state index contributed by atoms with van der Waals surface area (Å²) in [4.78, 5) is 0. The first-order chi connectivity index (χ1) is 7.01. The first-order valence-corrected chi connectivity index (χ1v) is 6.43. The van der Waals surface area contributed by atoms with E-state index < -0.39 is 0 Å². The summed E-state index contributed by atoms with van der Waals surface area (Å²) in [6, 6.07) is 0. The molecule has 84 valence electrons. The molecule has 0 spiro atoms. The third-order valence-electron chi connectivity index (χ3n) is 5.29. The number of aliphatic hydroxyl groups is 1. The van der Waals surface area contributed by atoms with Gasteiger partial charge in [0.05, 0.1) is 5.60 Å². The van der Waals surface area contributed by atoms with E-state index in [-0.39, 0.29) is 5.60 Å². The predicted molar refractivity (Wildman–Crippen MR) is 61.5 cm³/mol. The highest BCUT2D eigenvalue weighted by Gasteiger charge is 2.51. The number of rotatable bonds is 3. The zero-order valence-electron chi connectivity index (χ0n) is 9.92.